The molecule has 2 saturated heterocycles. The molecule has 32 heavy (non-hydrogen) atoms. The van der Waals surface area contributed by atoms with Gasteiger partial charge in [-0.3, -0.25) is 19.8 Å². The molecule has 0 aromatic heterocycles. The SMILES string of the molecule is CCCN(CCC)C1CN(c2ccc(C3CCC(=O)NC3=O)cc2)C1.O=C(O)C(F)(F)P. The zero-order valence-corrected chi connectivity index (χ0v) is 19.7. The molecule has 2 heterocycles. The number of hydrogen-bond donors (Lipinski definition) is 2. The fourth-order valence-electron chi connectivity index (χ4n) is 3.88. The summed E-state index contributed by atoms with van der Waals surface area (Å²) in [7, 11) is 0.898. The number of carboxylic acids is 1. The molecule has 3 rings (SSSR count). The second-order valence-electron chi connectivity index (χ2n) is 8.12. The number of rotatable bonds is 8. The van der Waals surface area contributed by atoms with Crippen molar-refractivity contribution in [1.82, 2.24) is 10.2 Å². The van der Waals surface area contributed by atoms with Gasteiger partial charge in [-0.15, -0.1) is 0 Å². The van der Waals surface area contributed by atoms with Gasteiger partial charge in [0.05, 0.1) is 5.92 Å². The highest BCUT2D eigenvalue weighted by Crippen LogP contribution is 2.29. The average Bonchev–Trinajstić information content (AvgIpc) is 2.68. The quantitative estimate of drug-likeness (QED) is 0.448. The molecule has 2 N–H and O–H groups in total. The molecule has 2 unspecified atom stereocenters. The van der Waals surface area contributed by atoms with Crippen LogP contribution in [0.5, 0.6) is 0 Å². The van der Waals surface area contributed by atoms with Crippen LogP contribution in [0.2, 0.25) is 0 Å². The fraction of sp³-hybridized carbons (Fsp3) is 0.591. The Labute approximate surface area is 189 Å². The average molecular weight is 471 g/mol. The number of aliphatic carboxylic acids is 1. The molecule has 0 radical (unpaired) electrons. The van der Waals surface area contributed by atoms with Crippen LogP contribution >= 0.6 is 9.24 Å². The molecular formula is C22H32F2N3O4P. The molecule has 2 amide bonds. The first-order valence-corrected chi connectivity index (χ1v) is 11.5. The van der Waals surface area contributed by atoms with E-state index < -0.39 is 11.6 Å². The maximum Gasteiger partial charge on any atom is 0.378 e. The summed E-state index contributed by atoms with van der Waals surface area (Å²) in [5.41, 5.74) is -1.44. The Morgan fingerprint density at radius 1 is 1.19 bits per heavy atom. The summed E-state index contributed by atoms with van der Waals surface area (Å²) in [6.45, 7) is 9.01. The smallest absolute Gasteiger partial charge is 0.378 e. The van der Waals surface area contributed by atoms with Crippen molar-refractivity contribution in [2.75, 3.05) is 31.1 Å². The van der Waals surface area contributed by atoms with Gasteiger partial charge in [-0.05, 0) is 59.3 Å². The third-order valence-corrected chi connectivity index (χ3v) is 5.83. The highest BCUT2D eigenvalue weighted by Gasteiger charge is 2.32. The van der Waals surface area contributed by atoms with Crippen molar-refractivity contribution >= 4 is 32.7 Å². The van der Waals surface area contributed by atoms with Crippen LogP contribution in [0, 0.1) is 0 Å². The summed E-state index contributed by atoms with van der Waals surface area (Å²) >= 11 is 0. The van der Waals surface area contributed by atoms with Crippen LogP contribution in [-0.4, -0.2) is 65.7 Å². The predicted molar refractivity (Wildman–Crippen MR) is 122 cm³/mol. The van der Waals surface area contributed by atoms with Gasteiger partial charge in [-0.1, -0.05) is 26.0 Å². The Bertz CT molecular complexity index is 789. The maximum atomic E-state index is 12.0. The third kappa shape index (κ3) is 7.20. The van der Waals surface area contributed by atoms with E-state index in [2.05, 4.69) is 41.1 Å². The van der Waals surface area contributed by atoms with E-state index in [-0.39, 0.29) is 17.7 Å². The van der Waals surface area contributed by atoms with Crippen molar-refractivity contribution in [3.05, 3.63) is 29.8 Å². The highest BCUT2D eigenvalue weighted by molar-refractivity contribution is 7.20. The number of anilines is 1. The number of nitrogens with one attached hydrogen (secondary N) is 1. The van der Waals surface area contributed by atoms with Crippen LogP contribution in [0.4, 0.5) is 14.5 Å². The number of carbonyl (C=O) groups excluding carboxylic acids is 2. The molecule has 10 heteroatoms. The lowest BCUT2D eigenvalue weighted by Gasteiger charge is -2.47. The minimum atomic E-state index is -3.67. The second-order valence-corrected chi connectivity index (χ2v) is 8.84. The van der Waals surface area contributed by atoms with Gasteiger partial charge in [-0.25, -0.2) is 4.79 Å². The van der Waals surface area contributed by atoms with Crippen molar-refractivity contribution in [3.8, 4) is 0 Å². The number of imide groups is 1. The van der Waals surface area contributed by atoms with Gasteiger partial charge in [0.2, 0.25) is 11.8 Å². The van der Waals surface area contributed by atoms with Crippen molar-refractivity contribution < 1.29 is 28.3 Å². The van der Waals surface area contributed by atoms with E-state index in [0.717, 1.165) is 27.9 Å². The Morgan fingerprint density at radius 2 is 1.72 bits per heavy atom. The Morgan fingerprint density at radius 3 is 2.16 bits per heavy atom. The van der Waals surface area contributed by atoms with Crippen molar-refractivity contribution in [2.45, 2.75) is 57.2 Å². The second kappa shape index (κ2) is 11.7. The zero-order valence-electron chi connectivity index (χ0n) is 18.5. The highest BCUT2D eigenvalue weighted by atomic mass is 31.0. The number of benzene rings is 1. The molecule has 2 fully saturated rings. The van der Waals surface area contributed by atoms with Gasteiger partial charge in [0, 0.05) is 31.2 Å². The first-order chi connectivity index (χ1) is 15.1. The number of amides is 2. The van der Waals surface area contributed by atoms with E-state index in [1.807, 2.05) is 12.1 Å². The third-order valence-electron chi connectivity index (χ3n) is 5.59. The Balaban J connectivity index is 0.000000451. The van der Waals surface area contributed by atoms with Crippen LogP contribution < -0.4 is 10.2 Å². The molecule has 7 nitrogen and oxygen atoms in total. The Kier molecular flexibility index (Phi) is 9.52. The number of carboxylic acid groups (broad SMARTS) is 1. The van der Waals surface area contributed by atoms with Crippen LogP contribution in [0.1, 0.15) is 51.0 Å². The molecule has 0 spiro atoms. The molecule has 2 atom stereocenters. The van der Waals surface area contributed by atoms with Gasteiger partial charge in [-0.2, -0.15) is 8.78 Å². The predicted octanol–water partition coefficient (Wildman–Crippen LogP) is 3.06. The number of nitrogens with zero attached hydrogens (tertiary/aromatic N) is 2. The minimum Gasteiger partial charge on any atom is -0.477 e. The van der Waals surface area contributed by atoms with Gasteiger partial charge in [0.1, 0.15) is 0 Å². The molecular weight excluding hydrogens is 439 g/mol. The monoisotopic (exact) mass is 471 g/mol. The van der Waals surface area contributed by atoms with E-state index in [4.69, 9.17) is 5.11 Å². The summed E-state index contributed by atoms with van der Waals surface area (Å²) in [4.78, 5) is 37.5. The topological polar surface area (TPSA) is 90.0 Å². The first-order valence-electron chi connectivity index (χ1n) is 10.9. The summed E-state index contributed by atoms with van der Waals surface area (Å²) < 4.78 is 22.4. The number of hydrogen-bond acceptors (Lipinski definition) is 5. The van der Waals surface area contributed by atoms with Crippen LogP contribution in [0.3, 0.4) is 0 Å². The van der Waals surface area contributed by atoms with Crippen molar-refractivity contribution in [1.29, 1.82) is 0 Å². The molecule has 0 saturated carbocycles. The zero-order chi connectivity index (χ0) is 23.9. The lowest BCUT2D eigenvalue weighted by Crippen LogP contribution is -2.59. The van der Waals surface area contributed by atoms with Crippen molar-refractivity contribution in [3.63, 3.8) is 0 Å². The van der Waals surface area contributed by atoms with Crippen molar-refractivity contribution in [2.24, 2.45) is 0 Å². The van der Waals surface area contributed by atoms with Crippen LogP contribution in [-0.2, 0) is 14.4 Å². The molecule has 1 aromatic rings. The molecule has 0 bridgehead atoms. The number of halogens is 2. The molecule has 2 aliphatic heterocycles. The Hall–Kier alpha value is -2.12. The van der Waals surface area contributed by atoms with E-state index in [9.17, 15) is 23.2 Å². The van der Waals surface area contributed by atoms with E-state index >= 15 is 0 Å². The van der Waals surface area contributed by atoms with Crippen LogP contribution in [0.15, 0.2) is 24.3 Å². The summed E-state index contributed by atoms with van der Waals surface area (Å²) in [6, 6.07) is 8.96. The largest absolute Gasteiger partial charge is 0.477 e. The normalized spacial score (nSPS) is 19.2. The lowest BCUT2D eigenvalue weighted by molar-refractivity contribution is -0.153. The standard InChI is InChI=1S/C20H29N3O2.C2H3F2O2P/c1-3-11-22(12-4-2)17-13-23(14-17)16-7-5-15(6-8-16)18-9-10-19(24)21-20(18)25;3-2(4,7)1(5)6/h5-8,17-18H,3-4,9-14H2,1-2H3,(H,21,24,25);7H2,(H,5,6). The summed E-state index contributed by atoms with van der Waals surface area (Å²) in [5, 5.41) is 9.92. The van der Waals surface area contributed by atoms with Crippen LogP contribution in [0.25, 0.3) is 0 Å². The summed E-state index contributed by atoms with van der Waals surface area (Å²) in [6.07, 6.45) is 3.45. The molecule has 2 aliphatic rings. The number of carbonyl (C=O) groups is 3. The summed E-state index contributed by atoms with van der Waals surface area (Å²) in [5.74, 6) is -2.64. The van der Waals surface area contributed by atoms with E-state index in [0.29, 0.717) is 18.9 Å². The van der Waals surface area contributed by atoms with E-state index in [1.54, 1.807) is 0 Å². The van der Waals surface area contributed by atoms with Gasteiger partial charge in [0.15, 0.2) is 0 Å². The first kappa shape index (κ1) is 26.1. The van der Waals surface area contributed by atoms with Gasteiger partial charge in [0.25, 0.3) is 0 Å². The molecule has 178 valence electrons. The van der Waals surface area contributed by atoms with Gasteiger partial charge >= 0.3 is 11.6 Å². The molecule has 1 aromatic carbocycles. The number of piperidine rings is 1. The minimum absolute atomic E-state index is 0.159. The molecule has 0 aliphatic carbocycles. The maximum absolute atomic E-state index is 12.0. The number of alkyl halides is 2. The lowest BCUT2D eigenvalue weighted by atomic mass is 9.90. The fourth-order valence-corrected chi connectivity index (χ4v) is 3.88. The van der Waals surface area contributed by atoms with Gasteiger partial charge < -0.3 is 10.0 Å². The van der Waals surface area contributed by atoms with E-state index in [1.165, 1.54) is 31.6 Å².